The van der Waals surface area contributed by atoms with Gasteiger partial charge in [-0.3, -0.25) is 0 Å². The second-order valence-electron chi connectivity index (χ2n) is 3.00. The molecule has 2 aromatic rings. The zero-order chi connectivity index (χ0) is 10.7. The number of rotatable bonds is 2. The van der Waals surface area contributed by atoms with Gasteiger partial charge in [-0.05, 0) is 6.07 Å². The molecule has 5 heteroatoms. The Balaban J connectivity index is 2.34. The van der Waals surface area contributed by atoms with E-state index in [1.807, 2.05) is 36.5 Å². The van der Waals surface area contributed by atoms with Gasteiger partial charge in [0, 0.05) is 25.5 Å². The van der Waals surface area contributed by atoms with E-state index in [-0.39, 0.29) is 0 Å². The van der Waals surface area contributed by atoms with Crippen LogP contribution in [0.3, 0.4) is 0 Å². The van der Waals surface area contributed by atoms with Gasteiger partial charge in [0.25, 0.3) is 0 Å². The fourth-order valence-electron chi connectivity index (χ4n) is 1.25. The third kappa shape index (κ3) is 1.79. The van der Waals surface area contributed by atoms with Gasteiger partial charge < -0.3 is 9.88 Å². The van der Waals surface area contributed by atoms with Gasteiger partial charge in [0.2, 0.25) is 0 Å². The lowest BCUT2D eigenvalue weighted by molar-refractivity contribution is 1.07. The van der Waals surface area contributed by atoms with Crippen molar-refractivity contribution in [2.75, 3.05) is 11.9 Å². The highest BCUT2D eigenvalue weighted by molar-refractivity contribution is 5.58. The minimum atomic E-state index is 0.363. The molecule has 0 aliphatic rings. The number of nitriles is 1. The lowest BCUT2D eigenvalue weighted by atomic mass is 10.4. The van der Waals surface area contributed by atoms with Crippen LogP contribution in [0, 0.1) is 11.3 Å². The van der Waals surface area contributed by atoms with E-state index >= 15 is 0 Å². The minimum absolute atomic E-state index is 0.363. The molecule has 0 radical (unpaired) electrons. The quantitative estimate of drug-likeness (QED) is 0.794. The molecule has 2 aromatic heterocycles. The van der Waals surface area contributed by atoms with Gasteiger partial charge in [-0.2, -0.15) is 5.26 Å². The van der Waals surface area contributed by atoms with E-state index in [0.29, 0.717) is 11.5 Å². The molecule has 0 saturated carbocycles. The molecule has 0 bridgehead atoms. The second kappa shape index (κ2) is 3.80. The maximum absolute atomic E-state index is 8.71. The summed E-state index contributed by atoms with van der Waals surface area (Å²) < 4.78 is 0. The second-order valence-corrected chi connectivity index (χ2v) is 3.00. The monoisotopic (exact) mass is 199 g/mol. The molecule has 74 valence electrons. The highest BCUT2D eigenvalue weighted by Gasteiger charge is 2.06. The molecule has 2 heterocycles. The van der Waals surface area contributed by atoms with Gasteiger partial charge in [0.1, 0.15) is 23.9 Å². The number of aromatic amines is 1. The Kier molecular flexibility index (Phi) is 2.33. The summed E-state index contributed by atoms with van der Waals surface area (Å²) in [6, 6.07) is 5.55. The molecule has 0 aliphatic carbocycles. The molecule has 0 amide bonds. The zero-order valence-corrected chi connectivity index (χ0v) is 8.18. The predicted molar refractivity (Wildman–Crippen MR) is 55.6 cm³/mol. The summed E-state index contributed by atoms with van der Waals surface area (Å²) in [6.07, 6.45) is 5.07. The van der Waals surface area contributed by atoms with E-state index in [2.05, 4.69) is 15.0 Å². The Morgan fingerprint density at radius 1 is 1.47 bits per heavy atom. The average molecular weight is 199 g/mol. The van der Waals surface area contributed by atoms with E-state index in [0.717, 1.165) is 5.69 Å². The summed E-state index contributed by atoms with van der Waals surface area (Å²) >= 11 is 0. The number of nitrogens with zero attached hydrogens (tertiary/aromatic N) is 4. The first kappa shape index (κ1) is 9.21. The molecule has 0 atom stereocenters. The third-order valence-corrected chi connectivity index (χ3v) is 2.08. The van der Waals surface area contributed by atoms with Crippen molar-refractivity contribution in [1.82, 2.24) is 15.0 Å². The summed E-state index contributed by atoms with van der Waals surface area (Å²) in [5, 5.41) is 8.71. The molecule has 0 aliphatic heterocycles. The maximum Gasteiger partial charge on any atom is 0.145 e. The van der Waals surface area contributed by atoms with Crippen LogP contribution in [0.15, 0.2) is 30.9 Å². The van der Waals surface area contributed by atoms with E-state index in [9.17, 15) is 0 Å². The molecule has 0 spiro atoms. The average Bonchev–Trinajstić information content (AvgIpc) is 2.81. The molecule has 1 N–H and O–H groups in total. The third-order valence-electron chi connectivity index (χ3n) is 2.08. The van der Waals surface area contributed by atoms with Crippen LogP contribution in [0.1, 0.15) is 5.69 Å². The van der Waals surface area contributed by atoms with Crippen molar-refractivity contribution in [2.45, 2.75) is 0 Å². The van der Waals surface area contributed by atoms with E-state index in [1.165, 1.54) is 6.33 Å². The van der Waals surface area contributed by atoms with Crippen LogP contribution in [-0.2, 0) is 0 Å². The van der Waals surface area contributed by atoms with Crippen LogP contribution in [-0.4, -0.2) is 22.0 Å². The molecule has 0 aromatic carbocycles. The number of hydrogen-bond acceptors (Lipinski definition) is 4. The Morgan fingerprint density at radius 2 is 2.33 bits per heavy atom. The molecular formula is C10H9N5. The summed E-state index contributed by atoms with van der Waals surface area (Å²) in [7, 11) is 1.88. The van der Waals surface area contributed by atoms with Crippen molar-refractivity contribution < 1.29 is 0 Å². The topological polar surface area (TPSA) is 68.6 Å². The van der Waals surface area contributed by atoms with Gasteiger partial charge in [0.05, 0.1) is 5.69 Å². The lowest BCUT2D eigenvalue weighted by Gasteiger charge is -2.15. The Labute approximate surface area is 87.0 Å². The summed E-state index contributed by atoms with van der Waals surface area (Å²) in [5.74, 6) is 0.696. The normalized spacial score (nSPS) is 9.60. The number of nitrogens with one attached hydrogen (secondary N) is 1. The fraction of sp³-hybridized carbons (Fsp3) is 0.100. The van der Waals surface area contributed by atoms with Crippen molar-refractivity contribution in [1.29, 1.82) is 5.26 Å². The first-order chi connectivity index (χ1) is 7.31. The van der Waals surface area contributed by atoms with Gasteiger partial charge in [-0.1, -0.05) is 0 Å². The molecule has 0 fully saturated rings. The SMILES string of the molecule is CN(c1cc[nH]c1)c1cc(C#N)ncn1. The van der Waals surface area contributed by atoms with E-state index in [1.54, 1.807) is 6.07 Å². The Morgan fingerprint density at radius 3 is 3.00 bits per heavy atom. The van der Waals surface area contributed by atoms with Gasteiger partial charge >= 0.3 is 0 Å². The molecular weight excluding hydrogens is 190 g/mol. The van der Waals surface area contributed by atoms with Crippen LogP contribution < -0.4 is 4.90 Å². The first-order valence-corrected chi connectivity index (χ1v) is 4.40. The standard InChI is InChI=1S/C10H9N5/c1-15(9-2-3-12-6-9)10-4-8(5-11)13-7-14-10/h2-4,6-7,12H,1H3. The fourth-order valence-corrected chi connectivity index (χ4v) is 1.25. The van der Waals surface area contributed by atoms with Crippen molar-refractivity contribution in [2.24, 2.45) is 0 Å². The van der Waals surface area contributed by atoms with Gasteiger partial charge in [-0.25, -0.2) is 9.97 Å². The number of anilines is 2. The van der Waals surface area contributed by atoms with Crippen LogP contribution >= 0.6 is 0 Å². The van der Waals surface area contributed by atoms with E-state index < -0.39 is 0 Å². The zero-order valence-electron chi connectivity index (χ0n) is 8.18. The van der Waals surface area contributed by atoms with Crippen LogP contribution in [0.4, 0.5) is 11.5 Å². The summed E-state index contributed by atoms with van der Waals surface area (Å²) in [6.45, 7) is 0. The summed E-state index contributed by atoms with van der Waals surface area (Å²) in [4.78, 5) is 12.7. The highest BCUT2D eigenvalue weighted by Crippen LogP contribution is 2.20. The number of H-pyrrole nitrogens is 1. The molecule has 2 rings (SSSR count). The van der Waals surface area contributed by atoms with Gasteiger partial charge in [-0.15, -0.1) is 0 Å². The van der Waals surface area contributed by atoms with Gasteiger partial charge in [0.15, 0.2) is 0 Å². The van der Waals surface area contributed by atoms with Crippen LogP contribution in [0.25, 0.3) is 0 Å². The molecule has 15 heavy (non-hydrogen) atoms. The number of hydrogen-bond donors (Lipinski definition) is 1. The predicted octanol–water partition coefficient (Wildman–Crippen LogP) is 1.44. The minimum Gasteiger partial charge on any atom is -0.366 e. The summed E-state index contributed by atoms with van der Waals surface area (Å²) in [5.41, 5.74) is 1.35. The van der Waals surface area contributed by atoms with Crippen molar-refractivity contribution >= 4 is 11.5 Å². The Bertz CT molecular complexity index is 483. The number of aromatic nitrogens is 3. The molecule has 0 unspecified atom stereocenters. The largest absolute Gasteiger partial charge is 0.366 e. The van der Waals surface area contributed by atoms with Crippen molar-refractivity contribution in [3.8, 4) is 6.07 Å². The lowest BCUT2D eigenvalue weighted by Crippen LogP contribution is -2.10. The smallest absolute Gasteiger partial charge is 0.145 e. The van der Waals surface area contributed by atoms with Crippen LogP contribution in [0.5, 0.6) is 0 Å². The highest BCUT2D eigenvalue weighted by atomic mass is 15.2. The molecule has 5 nitrogen and oxygen atoms in total. The Hall–Kier alpha value is -2.35. The van der Waals surface area contributed by atoms with Crippen LogP contribution in [0.2, 0.25) is 0 Å². The first-order valence-electron chi connectivity index (χ1n) is 4.40. The van der Waals surface area contributed by atoms with Crippen molar-refractivity contribution in [3.05, 3.63) is 36.5 Å². The molecule has 0 saturated heterocycles. The van der Waals surface area contributed by atoms with E-state index in [4.69, 9.17) is 5.26 Å². The maximum atomic E-state index is 8.71. The van der Waals surface area contributed by atoms with Crippen molar-refractivity contribution in [3.63, 3.8) is 0 Å².